The molecule has 0 aliphatic rings. The van der Waals surface area contributed by atoms with Gasteiger partial charge in [-0.1, -0.05) is 18.2 Å². The molecule has 2 rings (SSSR count). The minimum absolute atomic E-state index is 0.0680. The van der Waals surface area contributed by atoms with Gasteiger partial charge >= 0.3 is 5.97 Å². The van der Waals surface area contributed by atoms with Gasteiger partial charge in [-0.25, -0.2) is 4.79 Å². The maximum Gasteiger partial charge on any atom is 0.343 e. The van der Waals surface area contributed by atoms with E-state index in [0.717, 1.165) is 11.3 Å². The predicted molar refractivity (Wildman–Crippen MR) is 82.0 cm³/mol. The van der Waals surface area contributed by atoms with Gasteiger partial charge in [-0.15, -0.1) is 11.8 Å². The fourth-order valence-electron chi connectivity index (χ4n) is 1.84. The van der Waals surface area contributed by atoms with Crippen molar-refractivity contribution in [3.63, 3.8) is 0 Å². The number of aromatic hydroxyl groups is 1. The van der Waals surface area contributed by atoms with Crippen molar-refractivity contribution in [3.05, 3.63) is 53.6 Å². The molecule has 0 aromatic heterocycles. The number of ether oxygens (including phenoxy) is 2. The summed E-state index contributed by atoms with van der Waals surface area (Å²) in [6.45, 7) is 0.144. The Labute approximate surface area is 127 Å². The van der Waals surface area contributed by atoms with Crippen molar-refractivity contribution in [1.82, 2.24) is 0 Å². The second kappa shape index (κ2) is 7.04. The Balaban J connectivity index is 2.08. The van der Waals surface area contributed by atoms with Crippen molar-refractivity contribution >= 4 is 17.7 Å². The lowest BCUT2D eigenvalue weighted by Crippen LogP contribution is -2.07. The van der Waals surface area contributed by atoms with Gasteiger partial charge in [0.05, 0.1) is 7.11 Å². The largest absolute Gasteiger partial charge is 0.507 e. The van der Waals surface area contributed by atoms with Gasteiger partial charge in [0.25, 0.3) is 0 Å². The number of hydrogen-bond donors (Lipinski definition) is 1. The smallest absolute Gasteiger partial charge is 0.343 e. The normalized spacial score (nSPS) is 10.2. The van der Waals surface area contributed by atoms with E-state index in [9.17, 15) is 9.90 Å². The van der Waals surface area contributed by atoms with Crippen molar-refractivity contribution < 1.29 is 19.4 Å². The molecule has 1 N–H and O–H groups in total. The van der Waals surface area contributed by atoms with E-state index < -0.39 is 5.97 Å². The summed E-state index contributed by atoms with van der Waals surface area (Å²) in [6.07, 6.45) is 1.84. The van der Waals surface area contributed by atoms with Crippen molar-refractivity contribution in [1.29, 1.82) is 0 Å². The third-order valence-corrected chi connectivity index (χ3v) is 3.74. The van der Waals surface area contributed by atoms with E-state index >= 15 is 0 Å². The molecular formula is C16H16O4S. The Morgan fingerprint density at radius 3 is 2.52 bits per heavy atom. The summed E-state index contributed by atoms with van der Waals surface area (Å²) in [7, 11) is 1.59. The average Bonchev–Trinajstić information content (AvgIpc) is 2.52. The van der Waals surface area contributed by atoms with E-state index in [1.54, 1.807) is 31.4 Å². The molecular weight excluding hydrogens is 288 g/mol. The minimum Gasteiger partial charge on any atom is -0.507 e. The number of hydrogen-bond acceptors (Lipinski definition) is 5. The van der Waals surface area contributed by atoms with Gasteiger partial charge in [-0.3, -0.25) is 0 Å². The molecule has 0 aliphatic heterocycles. The Morgan fingerprint density at radius 2 is 1.90 bits per heavy atom. The lowest BCUT2D eigenvalue weighted by Gasteiger charge is -2.10. The fraction of sp³-hybridized carbons (Fsp3) is 0.188. The summed E-state index contributed by atoms with van der Waals surface area (Å²) < 4.78 is 10.3. The lowest BCUT2D eigenvalue weighted by molar-refractivity contribution is 0.0465. The van der Waals surface area contributed by atoms with Gasteiger partial charge in [0.2, 0.25) is 0 Å². The zero-order chi connectivity index (χ0) is 15.2. The first-order valence-electron chi connectivity index (χ1n) is 6.31. The van der Waals surface area contributed by atoms with Crippen LogP contribution >= 0.6 is 11.8 Å². The first-order valence-corrected chi connectivity index (χ1v) is 7.54. The van der Waals surface area contributed by atoms with E-state index in [0.29, 0.717) is 4.90 Å². The lowest BCUT2D eigenvalue weighted by atomic mass is 10.2. The summed E-state index contributed by atoms with van der Waals surface area (Å²) in [5.41, 5.74) is 1.06. The minimum atomic E-state index is -0.534. The first kappa shape index (κ1) is 15.3. The van der Waals surface area contributed by atoms with Crippen LogP contribution in [0.25, 0.3) is 0 Å². The average molecular weight is 304 g/mol. The van der Waals surface area contributed by atoms with Crippen LogP contribution in [0.3, 0.4) is 0 Å². The van der Waals surface area contributed by atoms with Crippen LogP contribution in [0.15, 0.2) is 47.4 Å². The highest BCUT2D eigenvalue weighted by molar-refractivity contribution is 7.98. The van der Waals surface area contributed by atoms with Crippen molar-refractivity contribution in [3.8, 4) is 11.5 Å². The van der Waals surface area contributed by atoms with Crippen LogP contribution in [0.5, 0.6) is 11.5 Å². The molecule has 0 bridgehead atoms. The van der Waals surface area contributed by atoms with E-state index in [2.05, 4.69) is 0 Å². The highest BCUT2D eigenvalue weighted by Crippen LogP contribution is 2.28. The second-order valence-corrected chi connectivity index (χ2v) is 5.13. The molecule has 0 atom stereocenters. The van der Waals surface area contributed by atoms with Crippen LogP contribution in [0, 0.1) is 0 Å². The standard InChI is InChI=1S/C16H16O4S/c1-19-12-8-6-11(7-9-12)10-20-16(18)15-13(17)4-3-5-14(15)21-2/h3-9,17H,10H2,1-2H3. The van der Waals surface area contributed by atoms with Crippen molar-refractivity contribution in [2.45, 2.75) is 11.5 Å². The molecule has 0 saturated carbocycles. The van der Waals surface area contributed by atoms with Gasteiger partial charge in [-0.2, -0.15) is 0 Å². The van der Waals surface area contributed by atoms with Crippen LogP contribution in [0.2, 0.25) is 0 Å². The maximum absolute atomic E-state index is 12.1. The van der Waals surface area contributed by atoms with E-state index in [1.807, 2.05) is 18.4 Å². The van der Waals surface area contributed by atoms with Gasteiger partial charge in [0, 0.05) is 4.90 Å². The Morgan fingerprint density at radius 1 is 1.19 bits per heavy atom. The number of esters is 1. The maximum atomic E-state index is 12.1. The van der Waals surface area contributed by atoms with Gasteiger partial charge in [0.15, 0.2) is 0 Å². The molecule has 0 heterocycles. The van der Waals surface area contributed by atoms with Crippen LogP contribution < -0.4 is 4.74 Å². The Bertz CT molecular complexity index is 623. The molecule has 21 heavy (non-hydrogen) atoms. The first-order chi connectivity index (χ1) is 10.2. The Kier molecular flexibility index (Phi) is 5.11. The molecule has 0 spiro atoms. The van der Waals surface area contributed by atoms with E-state index in [1.165, 1.54) is 17.8 Å². The molecule has 0 aliphatic carbocycles. The SMILES string of the molecule is COc1ccc(COC(=O)c2c(O)cccc2SC)cc1. The molecule has 0 unspecified atom stereocenters. The molecule has 5 heteroatoms. The number of thioether (sulfide) groups is 1. The number of phenols is 1. The number of rotatable bonds is 5. The zero-order valence-corrected chi connectivity index (χ0v) is 12.6. The van der Waals surface area contributed by atoms with Crippen LogP contribution in [-0.2, 0) is 11.3 Å². The van der Waals surface area contributed by atoms with Gasteiger partial charge in [0.1, 0.15) is 23.7 Å². The third-order valence-electron chi connectivity index (χ3n) is 2.96. The number of methoxy groups -OCH3 is 1. The predicted octanol–water partition coefficient (Wildman–Crippen LogP) is 3.48. The van der Waals surface area contributed by atoms with E-state index in [4.69, 9.17) is 9.47 Å². The molecule has 0 radical (unpaired) electrons. The van der Waals surface area contributed by atoms with Crippen LogP contribution in [0.4, 0.5) is 0 Å². The van der Waals surface area contributed by atoms with Crippen LogP contribution in [0.1, 0.15) is 15.9 Å². The number of carbonyl (C=O) groups is 1. The molecule has 2 aromatic carbocycles. The molecule has 0 amide bonds. The molecule has 0 saturated heterocycles. The molecule has 4 nitrogen and oxygen atoms in total. The highest BCUT2D eigenvalue weighted by atomic mass is 32.2. The summed E-state index contributed by atoms with van der Waals surface area (Å²) >= 11 is 1.39. The molecule has 110 valence electrons. The highest BCUT2D eigenvalue weighted by Gasteiger charge is 2.17. The Hall–Kier alpha value is -2.14. The third kappa shape index (κ3) is 3.70. The van der Waals surface area contributed by atoms with Gasteiger partial charge < -0.3 is 14.6 Å². The fourth-order valence-corrected chi connectivity index (χ4v) is 2.44. The summed E-state index contributed by atoms with van der Waals surface area (Å²) in [6, 6.07) is 12.2. The summed E-state index contributed by atoms with van der Waals surface area (Å²) in [5.74, 6) is 0.144. The zero-order valence-electron chi connectivity index (χ0n) is 11.8. The molecule has 0 fully saturated rings. The molecule has 2 aromatic rings. The summed E-state index contributed by atoms with van der Waals surface area (Å²) in [4.78, 5) is 12.8. The monoisotopic (exact) mass is 304 g/mol. The van der Waals surface area contributed by atoms with Gasteiger partial charge in [-0.05, 0) is 36.1 Å². The quantitative estimate of drug-likeness (QED) is 0.677. The number of carbonyl (C=O) groups excluding carboxylic acids is 1. The van der Waals surface area contributed by atoms with Crippen molar-refractivity contribution in [2.24, 2.45) is 0 Å². The second-order valence-electron chi connectivity index (χ2n) is 4.28. The van der Waals surface area contributed by atoms with E-state index in [-0.39, 0.29) is 17.9 Å². The van der Waals surface area contributed by atoms with Crippen molar-refractivity contribution in [2.75, 3.05) is 13.4 Å². The number of benzene rings is 2. The van der Waals surface area contributed by atoms with Crippen LogP contribution in [-0.4, -0.2) is 24.4 Å². The topological polar surface area (TPSA) is 55.8 Å². The number of phenolic OH excluding ortho intramolecular Hbond substituents is 1. The summed E-state index contributed by atoms with van der Waals surface area (Å²) in [5, 5.41) is 9.83.